The Balaban J connectivity index is -0.000000347. The molecule has 0 aromatic carbocycles. The van der Waals surface area contributed by atoms with Gasteiger partial charge in [-0.15, -0.1) is 0 Å². The van der Waals surface area contributed by atoms with Crippen molar-refractivity contribution in [2.45, 2.75) is 74.0 Å². The van der Waals surface area contributed by atoms with Crippen LogP contribution in [-0.2, 0) is 21.7 Å². The van der Waals surface area contributed by atoms with Gasteiger partial charge in [0.2, 0.25) is 0 Å². The van der Waals surface area contributed by atoms with Crippen molar-refractivity contribution in [2.24, 2.45) is 10.8 Å². The summed E-state index contributed by atoms with van der Waals surface area (Å²) in [6.45, 7) is 14.7. The molecule has 0 aromatic rings. The van der Waals surface area contributed by atoms with Gasteiger partial charge in [0.05, 0.1) is 23.7 Å². The zero-order chi connectivity index (χ0) is 16.7. The molecule has 0 saturated carbocycles. The summed E-state index contributed by atoms with van der Waals surface area (Å²) >= 11 is 0. The van der Waals surface area contributed by atoms with Crippen LogP contribution in [0.5, 0.6) is 0 Å². The van der Waals surface area contributed by atoms with E-state index in [2.05, 4.69) is 0 Å². The monoisotopic (exact) mass is 337 g/mol. The second-order valence-corrected chi connectivity index (χ2v) is 7.35. The zero-order valence-electron chi connectivity index (χ0n) is 14.7. The fourth-order valence-corrected chi connectivity index (χ4v) is 1.06. The standard InChI is InChI=1S/C11H20O2.C5H12O2.Ti/c1-10(2,3)8(12)7-9(13)11(4,5)6;1-4(6)3-5(2)7;/h7,12H,1-6H3;4-7H,3H2,1-2H3;/p+1/b8-7-;;. The molecule has 0 aliphatic rings. The number of hydrogen-bond acceptors (Lipinski definition) is 3. The van der Waals surface area contributed by atoms with Crippen molar-refractivity contribution in [1.29, 1.82) is 0 Å². The summed E-state index contributed by atoms with van der Waals surface area (Å²) in [5.41, 5.74) is -0.613. The quantitative estimate of drug-likeness (QED) is 0.320. The van der Waals surface area contributed by atoms with E-state index in [9.17, 15) is 9.90 Å². The number of allylic oxidation sites excluding steroid dienone is 2. The fourth-order valence-electron chi connectivity index (χ4n) is 1.06. The number of aliphatic hydroxyl groups excluding tert-OH is 3. The third kappa shape index (κ3) is 16.0. The second-order valence-electron chi connectivity index (χ2n) is 7.35. The summed E-state index contributed by atoms with van der Waals surface area (Å²) in [4.78, 5) is 9.60. The molecule has 2 unspecified atom stereocenters. The molecule has 2 atom stereocenters. The van der Waals surface area contributed by atoms with E-state index < -0.39 is 0 Å². The molecule has 0 amide bonds. The number of hydrogen-bond donors (Lipinski definition) is 3. The molecule has 0 aliphatic carbocycles. The van der Waals surface area contributed by atoms with Gasteiger partial charge in [-0.3, -0.25) is 4.79 Å². The van der Waals surface area contributed by atoms with Crippen LogP contribution in [-0.4, -0.2) is 38.1 Å². The fraction of sp³-hybridized carbons (Fsp3) is 0.812. The van der Waals surface area contributed by atoms with Gasteiger partial charge in [-0.1, -0.05) is 20.8 Å². The maximum Gasteiger partial charge on any atom is 0.325 e. The van der Waals surface area contributed by atoms with Gasteiger partial charge in [0.1, 0.15) is 5.76 Å². The third-order valence-corrected chi connectivity index (χ3v) is 2.49. The van der Waals surface area contributed by atoms with Gasteiger partial charge in [0, 0.05) is 27.1 Å². The minimum absolute atomic E-state index is 0. The van der Waals surface area contributed by atoms with Crippen molar-refractivity contribution >= 4 is 5.78 Å². The molecule has 0 bridgehead atoms. The molecule has 21 heavy (non-hydrogen) atoms. The molecule has 0 rings (SSSR count). The van der Waals surface area contributed by atoms with Gasteiger partial charge in [-0.25, -0.2) is 0 Å². The molecule has 0 aromatic heterocycles. The van der Waals surface area contributed by atoms with Gasteiger partial charge >= 0.3 is 5.78 Å². The van der Waals surface area contributed by atoms with Crippen LogP contribution in [0.3, 0.4) is 0 Å². The molecule has 0 fully saturated rings. The molecular formula is C16H33O4Ti+. The topological polar surface area (TPSA) is 82.1 Å². The Labute approximate surface area is 144 Å². The predicted octanol–water partition coefficient (Wildman–Crippen LogP) is 3.20. The second kappa shape index (κ2) is 10.6. The summed E-state index contributed by atoms with van der Waals surface area (Å²) < 4.78 is 0. The van der Waals surface area contributed by atoms with Crippen molar-refractivity contribution in [2.75, 3.05) is 0 Å². The van der Waals surface area contributed by atoms with E-state index >= 15 is 0 Å². The van der Waals surface area contributed by atoms with Crippen LogP contribution in [0.15, 0.2) is 11.8 Å². The van der Waals surface area contributed by atoms with Gasteiger partial charge in [0.15, 0.2) is 0 Å². The van der Waals surface area contributed by atoms with Crippen molar-refractivity contribution in [3.63, 3.8) is 0 Å². The van der Waals surface area contributed by atoms with E-state index in [0.717, 1.165) is 0 Å². The van der Waals surface area contributed by atoms with Crippen molar-refractivity contribution in [3.8, 4) is 0 Å². The average molecular weight is 337 g/mol. The molecule has 4 nitrogen and oxygen atoms in total. The maximum atomic E-state index is 9.60. The van der Waals surface area contributed by atoms with E-state index in [1.165, 1.54) is 6.08 Å². The van der Waals surface area contributed by atoms with Gasteiger partial charge in [0.25, 0.3) is 0 Å². The normalized spacial score (nSPS) is 15.2. The van der Waals surface area contributed by atoms with Crippen LogP contribution >= 0.6 is 0 Å². The van der Waals surface area contributed by atoms with Gasteiger partial charge in [-0.2, -0.15) is 0 Å². The van der Waals surface area contributed by atoms with Crippen LogP contribution in [0, 0.1) is 10.8 Å². The number of aliphatic hydroxyl groups is 3. The average Bonchev–Trinajstić information content (AvgIpc) is 2.12. The molecular weight excluding hydrogens is 304 g/mol. The molecule has 0 saturated heterocycles. The van der Waals surface area contributed by atoms with Crippen LogP contribution in [0.1, 0.15) is 61.8 Å². The summed E-state index contributed by atoms with van der Waals surface area (Å²) in [5.74, 6) is 0.417. The first-order valence-electron chi connectivity index (χ1n) is 7.01. The smallest absolute Gasteiger partial charge is 0.325 e. The van der Waals surface area contributed by atoms with Crippen LogP contribution in [0.25, 0.3) is 0 Å². The van der Waals surface area contributed by atoms with Gasteiger partial charge in [-0.05, 0) is 41.0 Å². The van der Waals surface area contributed by atoms with Crippen LogP contribution < -0.4 is 0 Å². The number of rotatable bonds is 3. The first-order valence-corrected chi connectivity index (χ1v) is 7.01. The number of carbonyl (C=O) groups excluding carboxylic acids is 1. The SMILES string of the molecule is CC(C)(C)C(=[OH+])/C=C(\O)C(C)(C)C.CC(O)CC(C)O.[Ti]. The molecule has 0 heterocycles. The largest absolute Gasteiger partial charge is 0.511 e. The zero-order valence-corrected chi connectivity index (χ0v) is 16.3. The molecule has 124 valence electrons. The first-order chi connectivity index (χ1) is 8.67. The Morgan fingerprint density at radius 3 is 1.43 bits per heavy atom. The molecule has 0 radical (unpaired) electrons. The van der Waals surface area contributed by atoms with E-state index in [0.29, 0.717) is 6.42 Å². The Morgan fingerprint density at radius 2 is 1.29 bits per heavy atom. The Hall–Kier alpha value is -0.156. The summed E-state index contributed by atoms with van der Waals surface area (Å²) in [5, 5.41) is 26.7. The Morgan fingerprint density at radius 1 is 0.952 bits per heavy atom. The maximum absolute atomic E-state index is 9.60. The summed E-state index contributed by atoms with van der Waals surface area (Å²) in [7, 11) is 0. The van der Waals surface area contributed by atoms with Crippen molar-refractivity contribution in [3.05, 3.63) is 11.8 Å². The van der Waals surface area contributed by atoms with E-state index in [4.69, 9.17) is 10.2 Å². The van der Waals surface area contributed by atoms with Gasteiger partial charge < -0.3 is 15.3 Å². The number of ketones is 1. The predicted molar refractivity (Wildman–Crippen MR) is 84.5 cm³/mol. The van der Waals surface area contributed by atoms with E-state index in [1.807, 2.05) is 41.5 Å². The molecule has 5 heteroatoms. The summed E-state index contributed by atoms with van der Waals surface area (Å²) in [6.07, 6.45) is 1.17. The minimum atomic E-state index is -0.375. The van der Waals surface area contributed by atoms with E-state index in [1.54, 1.807) is 13.8 Å². The van der Waals surface area contributed by atoms with Crippen molar-refractivity contribution < 1.29 is 41.8 Å². The molecule has 0 aliphatic heterocycles. The third-order valence-electron chi connectivity index (χ3n) is 2.49. The van der Waals surface area contributed by atoms with E-state index in [-0.39, 0.29) is 56.3 Å². The summed E-state index contributed by atoms with van der Waals surface area (Å²) in [6, 6.07) is 0. The first kappa shape index (κ1) is 25.8. The molecule has 4 N–H and O–H groups in total. The Kier molecular flexibility index (Phi) is 13.0. The molecule has 0 spiro atoms. The van der Waals surface area contributed by atoms with Crippen molar-refractivity contribution in [1.82, 2.24) is 0 Å². The minimum Gasteiger partial charge on any atom is -0.511 e. The Bertz CT molecular complexity index is 314. The van der Waals surface area contributed by atoms with Crippen LogP contribution in [0.4, 0.5) is 0 Å². The van der Waals surface area contributed by atoms with Crippen LogP contribution in [0.2, 0.25) is 0 Å².